The Morgan fingerprint density at radius 3 is 2.40 bits per heavy atom. The van der Waals surface area contributed by atoms with E-state index in [1.54, 1.807) is 0 Å². The maximum atomic E-state index is 10.2. The molecule has 0 aromatic heterocycles. The fourth-order valence-corrected chi connectivity index (χ4v) is 1.44. The van der Waals surface area contributed by atoms with Gasteiger partial charge in [-0.25, -0.2) is 4.79 Å². The Bertz CT molecular complexity index is 119. The molecule has 58 valence electrons. The second-order valence-electron chi connectivity index (χ2n) is 2.88. The van der Waals surface area contributed by atoms with Crippen LogP contribution in [0.4, 0.5) is 0 Å². The number of hydrogen-bond donors (Lipinski definition) is 2. The lowest BCUT2D eigenvalue weighted by Gasteiger charge is -2.21. The van der Waals surface area contributed by atoms with Gasteiger partial charge in [-0.05, 0) is 19.3 Å². The van der Waals surface area contributed by atoms with Gasteiger partial charge >= 0.3 is 5.97 Å². The van der Waals surface area contributed by atoms with Gasteiger partial charge in [0.25, 0.3) is 0 Å². The van der Waals surface area contributed by atoms with Crippen molar-refractivity contribution in [2.75, 3.05) is 19.6 Å². The van der Waals surface area contributed by atoms with Crippen LogP contribution in [0.2, 0.25) is 0 Å². The maximum absolute atomic E-state index is 10.2. The third-order valence-corrected chi connectivity index (χ3v) is 1.96. The van der Waals surface area contributed by atoms with Crippen LogP contribution >= 0.6 is 0 Å². The van der Waals surface area contributed by atoms with Crippen LogP contribution in [0, 0.1) is 0 Å². The molecule has 3 nitrogen and oxygen atoms in total. The van der Waals surface area contributed by atoms with Crippen molar-refractivity contribution in [1.29, 1.82) is 0 Å². The summed E-state index contributed by atoms with van der Waals surface area (Å²) in [6.45, 7) is 2.40. The maximum Gasteiger partial charge on any atom is 0.359 e. The molecule has 1 heterocycles. The molecule has 1 rings (SSSR count). The van der Waals surface area contributed by atoms with Crippen molar-refractivity contribution in [1.82, 2.24) is 0 Å². The largest absolute Gasteiger partial charge is 0.477 e. The van der Waals surface area contributed by atoms with Crippen molar-refractivity contribution in [3.05, 3.63) is 0 Å². The first-order chi connectivity index (χ1) is 4.79. The molecule has 3 heteroatoms. The first-order valence-electron chi connectivity index (χ1n) is 3.84. The van der Waals surface area contributed by atoms with Gasteiger partial charge in [0.05, 0.1) is 13.1 Å². The number of carboxylic acid groups (broad SMARTS) is 1. The van der Waals surface area contributed by atoms with Gasteiger partial charge < -0.3 is 10.0 Å². The van der Waals surface area contributed by atoms with E-state index in [4.69, 9.17) is 5.11 Å². The molecule has 0 unspecified atom stereocenters. The minimum absolute atomic E-state index is 0.306. The van der Waals surface area contributed by atoms with Crippen molar-refractivity contribution in [2.24, 2.45) is 0 Å². The Kier molecular flexibility index (Phi) is 2.68. The summed E-state index contributed by atoms with van der Waals surface area (Å²) in [5.41, 5.74) is 0. The van der Waals surface area contributed by atoms with E-state index in [1.807, 2.05) is 0 Å². The highest BCUT2D eigenvalue weighted by Gasteiger charge is 2.15. The summed E-state index contributed by atoms with van der Waals surface area (Å²) in [6.07, 6.45) is 3.67. The predicted octanol–water partition coefficient (Wildman–Crippen LogP) is -0.860. The fourth-order valence-electron chi connectivity index (χ4n) is 1.44. The van der Waals surface area contributed by atoms with Crippen molar-refractivity contribution in [3.8, 4) is 0 Å². The molecule has 0 spiro atoms. The van der Waals surface area contributed by atoms with Gasteiger partial charge in [-0.15, -0.1) is 0 Å². The van der Waals surface area contributed by atoms with Crippen LogP contribution in [0.25, 0.3) is 0 Å². The summed E-state index contributed by atoms with van der Waals surface area (Å²) in [5.74, 6) is -0.670. The highest BCUT2D eigenvalue weighted by atomic mass is 16.4. The highest BCUT2D eigenvalue weighted by Crippen LogP contribution is 1.93. The number of carboxylic acids is 1. The van der Waals surface area contributed by atoms with Crippen LogP contribution in [-0.2, 0) is 4.79 Å². The van der Waals surface area contributed by atoms with Gasteiger partial charge in [-0.2, -0.15) is 0 Å². The smallest absolute Gasteiger partial charge is 0.359 e. The first-order valence-corrected chi connectivity index (χ1v) is 3.84. The lowest BCUT2D eigenvalue weighted by Crippen LogP contribution is -3.13. The van der Waals surface area contributed by atoms with Gasteiger partial charge in [0, 0.05) is 0 Å². The molecule has 10 heavy (non-hydrogen) atoms. The summed E-state index contributed by atoms with van der Waals surface area (Å²) in [6, 6.07) is 0. The number of hydrogen-bond acceptors (Lipinski definition) is 1. The molecule has 0 aromatic rings. The molecular weight excluding hydrogens is 130 g/mol. The molecule has 0 amide bonds. The van der Waals surface area contributed by atoms with E-state index in [2.05, 4.69) is 0 Å². The van der Waals surface area contributed by atoms with E-state index < -0.39 is 5.97 Å². The monoisotopic (exact) mass is 144 g/mol. The first kappa shape index (κ1) is 7.54. The molecule has 2 N–H and O–H groups in total. The molecule has 0 radical (unpaired) electrons. The summed E-state index contributed by atoms with van der Waals surface area (Å²) in [4.78, 5) is 11.5. The summed E-state index contributed by atoms with van der Waals surface area (Å²) >= 11 is 0. The van der Waals surface area contributed by atoms with Crippen LogP contribution in [0.3, 0.4) is 0 Å². The molecule has 1 fully saturated rings. The quantitative estimate of drug-likeness (QED) is 0.529. The van der Waals surface area contributed by atoms with Crippen LogP contribution in [-0.4, -0.2) is 30.7 Å². The number of piperidine rings is 1. The Hall–Kier alpha value is -0.570. The zero-order chi connectivity index (χ0) is 7.40. The highest BCUT2D eigenvalue weighted by molar-refractivity contribution is 5.67. The summed E-state index contributed by atoms with van der Waals surface area (Å²) < 4.78 is 0. The lowest BCUT2D eigenvalue weighted by molar-refractivity contribution is -0.897. The van der Waals surface area contributed by atoms with Gasteiger partial charge in [-0.1, -0.05) is 0 Å². The van der Waals surface area contributed by atoms with Crippen molar-refractivity contribution in [2.45, 2.75) is 19.3 Å². The fraction of sp³-hybridized carbons (Fsp3) is 0.857. The normalized spacial score (nSPS) is 20.8. The SMILES string of the molecule is O=C(O)C[NH+]1CCCCC1. The van der Waals surface area contributed by atoms with Crippen LogP contribution in [0.5, 0.6) is 0 Å². The summed E-state index contributed by atoms with van der Waals surface area (Å²) in [7, 11) is 0. The lowest BCUT2D eigenvalue weighted by atomic mass is 10.1. The minimum atomic E-state index is -0.670. The van der Waals surface area contributed by atoms with Gasteiger partial charge in [0.15, 0.2) is 6.54 Å². The number of rotatable bonds is 2. The second kappa shape index (κ2) is 3.56. The standard InChI is InChI=1S/C7H13NO2/c9-7(10)6-8-4-2-1-3-5-8/h1-6H2,(H,9,10)/p+1. The van der Waals surface area contributed by atoms with E-state index in [9.17, 15) is 4.79 Å². The van der Waals surface area contributed by atoms with Crippen LogP contribution in [0.15, 0.2) is 0 Å². The Balaban J connectivity index is 2.19. The van der Waals surface area contributed by atoms with E-state index >= 15 is 0 Å². The predicted molar refractivity (Wildman–Crippen MR) is 37.1 cm³/mol. The number of nitrogens with one attached hydrogen (secondary N) is 1. The molecule has 0 atom stereocenters. The molecule has 1 saturated heterocycles. The Morgan fingerprint density at radius 1 is 1.30 bits per heavy atom. The van der Waals surface area contributed by atoms with E-state index in [0.29, 0.717) is 6.54 Å². The van der Waals surface area contributed by atoms with E-state index in [1.165, 1.54) is 24.2 Å². The topological polar surface area (TPSA) is 41.7 Å². The molecule has 0 aromatic carbocycles. The van der Waals surface area contributed by atoms with E-state index in [-0.39, 0.29) is 0 Å². The molecule has 1 aliphatic rings. The Morgan fingerprint density at radius 2 is 1.90 bits per heavy atom. The number of likely N-dealkylation sites (tertiary alicyclic amines) is 1. The van der Waals surface area contributed by atoms with Gasteiger partial charge in [0.2, 0.25) is 0 Å². The average molecular weight is 144 g/mol. The summed E-state index contributed by atoms with van der Waals surface area (Å²) in [5, 5.41) is 8.44. The van der Waals surface area contributed by atoms with Crippen molar-refractivity contribution >= 4 is 5.97 Å². The van der Waals surface area contributed by atoms with Gasteiger partial charge in [-0.3, -0.25) is 0 Å². The van der Waals surface area contributed by atoms with Crippen molar-refractivity contribution < 1.29 is 14.8 Å². The zero-order valence-corrected chi connectivity index (χ0v) is 6.10. The van der Waals surface area contributed by atoms with Gasteiger partial charge in [0.1, 0.15) is 0 Å². The van der Waals surface area contributed by atoms with Crippen LogP contribution < -0.4 is 4.90 Å². The third-order valence-electron chi connectivity index (χ3n) is 1.96. The second-order valence-corrected chi connectivity index (χ2v) is 2.88. The van der Waals surface area contributed by atoms with E-state index in [0.717, 1.165) is 13.1 Å². The van der Waals surface area contributed by atoms with Crippen molar-refractivity contribution in [3.63, 3.8) is 0 Å². The number of aliphatic carboxylic acids is 1. The molecule has 0 saturated carbocycles. The zero-order valence-electron chi connectivity index (χ0n) is 6.10. The number of carbonyl (C=O) groups is 1. The third kappa shape index (κ3) is 2.35. The molecule has 0 aliphatic carbocycles. The molecular formula is C7H14NO2+. The number of quaternary nitrogens is 1. The molecule has 1 aliphatic heterocycles. The average Bonchev–Trinajstić information content (AvgIpc) is 1.88. The molecule has 0 bridgehead atoms. The Labute approximate surface area is 60.6 Å². The minimum Gasteiger partial charge on any atom is -0.477 e. The van der Waals surface area contributed by atoms with Crippen LogP contribution in [0.1, 0.15) is 19.3 Å².